The van der Waals surface area contributed by atoms with E-state index in [9.17, 15) is 5.11 Å². The zero-order chi connectivity index (χ0) is 13.9. The van der Waals surface area contributed by atoms with Crippen LogP contribution in [0.2, 0.25) is 0 Å². The SMILES string of the molecule is COCOc1ccc(C2(O)CCC(C)(C)CC2)cc1. The van der Waals surface area contributed by atoms with Crippen LogP contribution in [0.15, 0.2) is 24.3 Å². The molecular weight excluding hydrogens is 240 g/mol. The van der Waals surface area contributed by atoms with Crippen molar-refractivity contribution in [3.8, 4) is 5.75 Å². The maximum Gasteiger partial charge on any atom is 0.188 e. The van der Waals surface area contributed by atoms with Gasteiger partial charge >= 0.3 is 0 Å². The summed E-state index contributed by atoms with van der Waals surface area (Å²) in [5.41, 5.74) is 0.677. The lowest BCUT2D eigenvalue weighted by atomic mass is 9.69. The number of hydrogen-bond acceptors (Lipinski definition) is 3. The lowest BCUT2D eigenvalue weighted by Gasteiger charge is -2.40. The van der Waals surface area contributed by atoms with E-state index >= 15 is 0 Å². The van der Waals surface area contributed by atoms with Crippen molar-refractivity contribution in [2.45, 2.75) is 45.1 Å². The van der Waals surface area contributed by atoms with E-state index in [0.29, 0.717) is 5.41 Å². The molecule has 3 heteroatoms. The topological polar surface area (TPSA) is 38.7 Å². The van der Waals surface area contributed by atoms with Gasteiger partial charge in [0, 0.05) is 7.11 Å². The van der Waals surface area contributed by atoms with Crippen molar-refractivity contribution in [1.29, 1.82) is 0 Å². The van der Waals surface area contributed by atoms with Crippen molar-refractivity contribution in [3.63, 3.8) is 0 Å². The number of hydrogen-bond donors (Lipinski definition) is 1. The third-order valence-electron chi connectivity index (χ3n) is 4.17. The summed E-state index contributed by atoms with van der Waals surface area (Å²) in [5, 5.41) is 10.8. The quantitative estimate of drug-likeness (QED) is 0.846. The molecular formula is C16H24O3. The molecule has 0 amide bonds. The summed E-state index contributed by atoms with van der Waals surface area (Å²) in [5.74, 6) is 0.769. The maximum atomic E-state index is 10.8. The van der Waals surface area contributed by atoms with Gasteiger partial charge in [-0.25, -0.2) is 0 Å². The molecule has 1 N–H and O–H groups in total. The number of methoxy groups -OCH3 is 1. The van der Waals surface area contributed by atoms with Gasteiger partial charge in [0.15, 0.2) is 6.79 Å². The normalized spacial score (nSPS) is 21.1. The third kappa shape index (κ3) is 3.48. The number of rotatable bonds is 4. The molecule has 0 atom stereocenters. The van der Waals surface area contributed by atoms with E-state index in [2.05, 4.69) is 13.8 Å². The van der Waals surface area contributed by atoms with Crippen LogP contribution >= 0.6 is 0 Å². The minimum absolute atomic E-state index is 0.248. The first-order valence-corrected chi connectivity index (χ1v) is 6.90. The highest BCUT2D eigenvalue weighted by Crippen LogP contribution is 2.45. The van der Waals surface area contributed by atoms with E-state index in [1.807, 2.05) is 24.3 Å². The molecule has 1 saturated carbocycles. The fraction of sp³-hybridized carbons (Fsp3) is 0.625. The maximum absolute atomic E-state index is 10.8. The molecule has 1 aliphatic carbocycles. The zero-order valence-corrected chi connectivity index (χ0v) is 12.1. The fourth-order valence-corrected chi connectivity index (χ4v) is 2.62. The standard InChI is InChI=1S/C16H24O3/c1-15(2)8-10-16(17,11-9-15)13-4-6-14(7-5-13)19-12-18-3/h4-7,17H,8-12H2,1-3H3. The van der Waals surface area contributed by atoms with Gasteiger partial charge in [-0.15, -0.1) is 0 Å². The molecule has 0 bridgehead atoms. The molecule has 1 aliphatic rings. The molecule has 0 saturated heterocycles. The first-order valence-electron chi connectivity index (χ1n) is 6.90. The Hall–Kier alpha value is -1.06. The van der Waals surface area contributed by atoms with Crippen molar-refractivity contribution < 1.29 is 14.6 Å². The second kappa shape index (κ2) is 5.51. The van der Waals surface area contributed by atoms with E-state index in [-0.39, 0.29) is 6.79 Å². The van der Waals surface area contributed by atoms with Gasteiger partial charge in [-0.2, -0.15) is 0 Å². The molecule has 106 valence electrons. The zero-order valence-electron chi connectivity index (χ0n) is 12.1. The van der Waals surface area contributed by atoms with E-state index in [1.165, 1.54) is 0 Å². The molecule has 0 radical (unpaired) electrons. The summed E-state index contributed by atoms with van der Waals surface area (Å²) in [7, 11) is 1.60. The molecule has 1 aromatic carbocycles. The van der Waals surface area contributed by atoms with E-state index in [0.717, 1.165) is 37.0 Å². The highest BCUT2D eigenvalue weighted by Gasteiger charge is 2.37. The Balaban J connectivity index is 2.05. The van der Waals surface area contributed by atoms with Gasteiger partial charge in [-0.05, 0) is 48.8 Å². The van der Waals surface area contributed by atoms with Gasteiger partial charge in [0.1, 0.15) is 5.75 Å². The van der Waals surface area contributed by atoms with Crippen LogP contribution in [0.1, 0.15) is 45.1 Å². The van der Waals surface area contributed by atoms with Gasteiger partial charge in [-0.3, -0.25) is 0 Å². The van der Waals surface area contributed by atoms with Gasteiger partial charge in [0.25, 0.3) is 0 Å². The fourth-order valence-electron chi connectivity index (χ4n) is 2.62. The van der Waals surface area contributed by atoms with E-state index < -0.39 is 5.60 Å². The summed E-state index contributed by atoms with van der Waals surface area (Å²) < 4.78 is 10.2. The molecule has 2 rings (SSSR count). The molecule has 1 aromatic rings. The third-order valence-corrected chi connectivity index (χ3v) is 4.17. The molecule has 0 aromatic heterocycles. The van der Waals surface area contributed by atoms with Gasteiger partial charge in [0.05, 0.1) is 5.60 Å². The van der Waals surface area contributed by atoms with Crippen LogP contribution in [0, 0.1) is 5.41 Å². The van der Waals surface area contributed by atoms with E-state index in [1.54, 1.807) is 7.11 Å². The molecule has 3 nitrogen and oxygen atoms in total. The molecule has 0 aliphatic heterocycles. The Morgan fingerprint density at radius 1 is 1.05 bits per heavy atom. The van der Waals surface area contributed by atoms with Crippen LogP contribution in [-0.2, 0) is 10.3 Å². The number of ether oxygens (including phenoxy) is 2. The minimum Gasteiger partial charge on any atom is -0.468 e. The molecule has 1 fully saturated rings. The Kier molecular flexibility index (Phi) is 4.16. The minimum atomic E-state index is -0.671. The smallest absolute Gasteiger partial charge is 0.188 e. The van der Waals surface area contributed by atoms with Crippen molar-refractivity contribution in [1.82, 2.24) is 0 Å². The van der Waals surface area contributed by atoms with Crippen molar-refractivity contribution >= 4 is 0 Å². The second-order valence-electron chi connectivity index (χ2n) is 6.27. The van der Waals surface area contributed by atoms with Crippen molar-refractivity contribution in [2.24, 2.45) is 5.41 Å². The highest BCUT2D eigenvalue weighted by atomic mass is 16.7. The van der Waals surface area contributed by atoms with Crippen LogP contribution in [0.5, 0.6) is 5.75 Å². The first-order chi connectivity index (χ1) is 8.95. The summed E-state index contributed by atoms with van der Waals surface area (Å²) >= 11 is 0. The van der Waals surface area contributed by atoms with Gasteiger partial charge < -0.3 is 14.6 Å². The van der Waals surface area contributed by atoms with Gasteiger partial charge in [0.2, 0.25) is 0 Å². The lowest BCUT2D eigenvalue weighted by Crippen LogP contribution is -2.34. The molecule has 19 heavy (non-hydrogen) atoms. The van der Waals surface area contributed by atoms with Gasteiger partial charge in [-0.1, -0.05) is 26.0 Å². The van der Waals surface area contributed by atoms with Crippen LogP contribution in [0.25, 0.3) is 0 Å². The van der Waals surface area contributed by atoms with Crippen molar-refractivity contribution in [3.05, 3.63) is 29.8 Å². The molecule has 0 heterocycles. The first kappa shape index (κ1) is 14.4. The predicted molar refractivity (Wildman–Crippen MR) is 75.1 cm³/mol. The summed E-state index contributed by atoms with van der Waals surface area (Å²) in [4.78, 5) is 0. The highest BCUT2D eigenvalue weighted by molar-refractivity contribution is 5.31. The summed E-state index contributed by atoms with van der Waals surface area (Å²) in [6.45, 7) is 4.79. The Morgan fingerprint density at radius 2 is 1.63 bits per heavy atom. The van der Waals surface area contributed by atoms with Crippen LogP contribution in [-0.4, -0.2) is 19.0 Å². The Bertz CT molecular complexity index is 399. The predicted octanol–water partition coefficient (Wildman–Crippen LogP) is 3.46. The Labute approximate surface area is 115 Å². The molecule has 0 spiro atoms. The Morgan fingerprint density at radius 3 is 2.16 bits per heavy atom. The number of aliphatic hydroxyl groups is 1. The lowest BCUT2D eigenvalue weighted by molar-refractivity contribution is -0.0306. The van der Waals surface area contributed by atoms with Crippen molar-refractivity contribution in [2.75, 3.05) is 13.9 Å². The monoisotopic (exact) mass is 264 g/mol. The second-order valence-corrected chi connectivity index (χ2v) is 6.27. The van der Waals surface area contributed by atoms with E-state index in [4.69, 9.17) is 9.47 Å². The van der Waals surface area contributed by atoms with Crippen LogP contribution in [0.3, 0.4) is 0 Å². The summed E-state index contributed by atoms with van der Waals surface area (Å²) in [6, 6.07) is 7.71. The average molecular weight is 264 g/mol. The van der Waals surface area contributed by atoms with Crippen LogP contribution in [0.4, 0.5) is 0 Å². The average Bonchev–Trinajstić information content (AvgIpc) is 2.41. The van der Waals surface area contributed by atoms with Crippen LogP contribution < -0.4 is 4.74 Å². The number of benzene rings is 1. The largest absolute Gasteiger partial charge is 0.468 e. The summed E-state index contributed by atoms with van der Waals surface area (Å²) in [6.07, 6.45) is 3.79. The molecule has 0 unspecified atom stereocenters.